The lowest BCUT2D eigenvalue weighted by Gasteiger charge is -2.15. The van der Waals surface area contributed by atoms with Crippen LogP contribution in [0.1, 0.15) is 23.3 Å². The molecule has 2 aromatic carbocycles. The van der Waals surface area contributed by atoms with Crippen molar-refractivity contribution in [2.75, 3.05) is 0 Å². The highest BCUT2D eigenvalue weighted by Crippen LogP contribution is 2.41. The molecule has 92 valence electrons. The molecule has 0 radical (unpaired) electrons. The van der Waals surface area contributed by atoms with Crippen LogP contribution < -0.4 is 0 Å². The summed E-state index contributed by atoms with van der Waals surface area (Å²) in [5, 5.41) is 0. The zero-order valence-corrected chi connectivity index (χ0v) is 10.4. The maximum atomic E-state index is 11.5. The summed E-state index contributed by atoms with van der Waals surface area (Å²) in [6, 6.07) is 19.4. The fourth-order valence-electron chi connectivity index (χ4n) is 2.04. The van der Waals surface area contributed by atoms with E-state index in [1.54, 1.807) is 0 Å². The molecule has 1 aliphatic rings. The molecule has 3 rings (SSSR count). The van der Waals surface area contributed by atoms with Gasteiger partial charge in [-0.05, 0) is 11.1 Å². The summed E-state index contributed by atoms with van der Waals surface area (Å²) in [5.41, 5.74) is 1.94. The van der Waals surface area contributed by atoms with Crippen molar-refractivity contribution in [2.45, 2.75) is 12.2 Å². The van der Waals surface area contributed by atoms with E-state index in [4.69, 9.17) is 8.37 Å². The highest BCUT2D eigenvalue weighted by atomic mass is 32.2. The predicted molar refractivity (Wildman–Crippen MR) is 68.7 cm³/mol. The molecule has 0 aromatic heterocycles. The van der Waals surface area contributed by atoms with Gasteiger partial charge >= 0.3 is 11.4 Å². The topological polar surface area (TPSA) is 35.5 Å². The lowest BCUT2D eigenvalue weighted by Crippen LogP contribution is -2.06. The average molecular weight is 260 g/mol. The normalized spacial score (nSPS) is 24.2. The second-order valence-corrected chi connectivity index (χ2v) is 4.85. The molecule has 0 aliphatic carbocycles. The third kappa shape index (κ3) is 2.22. The van der Waals surface area contributed by atoms with Crippen LogP contribution in [0.5, 0.6) is 0 Å². The Labute approximate surface area is 108 Å². The highest BCUT2D eigenvalue weighted by molar-refractivity contribution is 7.75. The molecule has 0 unspecified atom stereocenters. The summed E-state index contributed by atoms with van der Waals surface area (Å²) in [7, 11) is 0. The van der Waals surface area contributed by atoms with Crippen molar-refractivity contribution < 1.29 is 12.6 Å². The Morgan fingerprint density at radius 1 is 0.722 bits per heavy atom. The van der Waals surface area contributed by atoms with Crippen molar-refractivity contribution >= 4 is 11.4 Å². The molecule has 0 bridgehead atoms. The van der Waals surface area contributed by atoms with Crippen LogP contribution in [0, 0.1) is 0 Å². The second kappa shape index (κ2) is 5.02. The Morgan fingerprint density at radius 2 is 1.11 bits per heavy atom. The lowest BCUT2D eigenvalue weighted by molar-refractivity contribution is 0.159. The molecule has 1 fully saturated rings. The Hall–Kier alpha value is -1.49. The van der Waals surface area contributed by atoms with Gasteiger partial charge in [-0.25, -0.2) is 0 Å². The summed E-state index contributed by atoms with van der Waals surface area (Å²) in [4.78, 5) is 0. The first-order valence-electron chi connectivity index (χ1n) is 5.70. The van der Waals surface area contributed by atoms with Crippen LogP contribution in [-0.2, 0) is 19.7 Å². The fourth-order valence-corrected chi connectivity index (χ4v) is 2.85. The van der Waals surface area contributed by atoms with Gasteiger partial charge in [-0.1, -0.05) is 60.7 Å². The lowest BCUT2D eigenvalue weighted by atomic mass is 9.99. The molecular weight excluding hydrogens is 248 g/mol. The Bertz CT molecular complexity index is 492. The monoisotopic (exact) mass is 260 g/mol. The Balaban J connectivity index is 1.96. The minimum Gasteiger partial charge on any atom is -0.257 e. The van der Waals surface area contributed by atoms with Gasteiger partial charge in [-0.2, -0.15) is 4.21 Å². The van der Waals surface area contributed by atoms with E-state index in [1.807, 2.05) is 60.7 Å². The Morgan fingerprint density at radius 3 is 1.50 bits per heavy atom. The zero-order valence-electron chi connectivity index (χ0n) is 9.56. The highest BCUT2D eigenvalue weighted by Gasteiger charge is 2.37. The predicted octanol–water partition coefficient (Wildman–Crippen LogP) is 3.09. The molecule has 3 nitrogen and oxygen atoms in total. The van der Waals surface area contributed by atoms with E-state index in [-0.39, 0.29) is 12.2 Å². The van der Waals surface area contributed by atoms with Gasteiger partial charge in [0, 0.05) is 0 Å². The first kappa shape index (κ1) is 11.6. The van der Waals surface area contributed by atoms with Crippen molar-refractivity contribution in [2.24, 2.45) is 0 Å². The van der Waals surface area contributed by atoms with E-state index in [9.17, 15) is 4.21 Å². The van der Waals surface area contributed by atoms with Crippen LogP contribution in [-0.4, -0.2) is 4.21 Å². The molecule has 0 N–H and O–H groups in total. The first-order chi connectivity index (χ1) is 8.84. The van der Waals surface area contributed by atoms with Crippen LogP contribution in [0.25, 0.3) is 0 Å². The first-order valence-corrected chi connectivity index (χ1v) is 6.70. The summed E-state index contributed by atoms with van der Waals surface area (Å²) >= 11 is -1.68. The molecule has 1 aliphatic heterocycles. The van der Waals surface area contributed by atoms with Gasteiger partial charge in [0.05, 0.1) is 0 Å². The van der Waals surface area contributed by atoms with Gasteiger partial charge in [0.15, 0.2) is 0 Å². The van der Waals surface area contributed by atoms with E-state index in [2.05, 4.69) is 0 Å². The van der Waals surface area contributed by atoms with Crippen LogP contribution in [0.15, 0.2) is 60.7 Å². The molecule has 1 saturated heterocycles. The van der Waals surface area contributed by atoms with Gasteiger partial charge in [0.2, 0.25) is 0 Å². The third-order valence-electron chi connectivity index (χ3n) is 2.90. The van der Waals surface area contributed by atoms with Gasteiger partial charge in [0.25, 0.3) is 0 Å². The maximum Gasteiger partial charge on any atom is 0.306 e. The molecule has 18 heavy (non-hydrogen) atoms. The van der Waals surface area contributed by atoms with Gasteiger partial charge < -0.3 is 0 Å². The minimum absolute atomic E-state index is 0.325. The Kier molecular flexibility index (Phi) is 3.23. The largest absolute Gasteiger partial charge is 0.306 e. The molecular formula is C14H12O3S. The quantitative estimate of drug-likeness (QED) is 0.832. The third-order valence-corrected chi connectivity index (χ3v) is 3.62. The smallest absolute Gasteiger partial charge is 0.257 e. The maximum absolute atomic E-state index is 11.5. The van der Waals surface area contributed by atoms with Crippen LogP contribution in [0.2, 0.25) is 0 Å². The van der Waals surface area contributed by atoms with Crippen LogP contribution in [0.3, 0.4) is 0 Å². The standard InChI is InChI=1S/C14H12O3S/c15-18-16-13(11-7-3-1-4-8-11)14(17-18)12-9-5-2-6-10-12/h1-10,13-14H/t13-,14-/m1/s1. The molecule has 4 heteroatoms. The molecule has 2 aromatic rings. The van der Waals surface area contributed by atoms with E-state index < -0.39 is 11.4 Å². The van der Waals surface area contributed by atoms with Crippen molar-refractivity contribution in [3.05, 3.63) is 71.8 Å². The minimum atomic E-state index is -1.68. The van der Waals surface area contributed by atoms with Crippen LogP contribution >= 0.6 is 0 Å². The molecule has 1 heterocycles. The zero-order chi connectivity index (χ0) is 12.4. The van der Waals surface area contributed by atoms with Crippen molar-refractivity contribution in [1.82, 2.24) is 0 Å². The van der Waals surface area contributed by atoms with E-state index in [1.165, 1.54) is 0 Å². The number of hydrogen-bond acceptors (Lipinski definition) is 3. The SMILES string of the molecule is O=S1O[C@H](c2ccccc2)[C@@H](c2ccccc2)O1. The fraction of sp³-hybridized carbons (Fsp3) is 0.143. The summed E-state index contributed by atoms with van der Waals surface area (Å²) in [5.74, 6) is 0. The summed E-state index contributed by atoms with van der Waals surface area (Å²) < 4.78 is 22.2. The van der Waals surface area contributed by atoms with Crippen molar-refractivity contribution in [1.29, 1.82) is 0 Å². The average Bonchev–Trinajstić information content (AvgIpc) is 2.83. The van der Waals surface area contributed by atoms with Gasteiger partial charge in [-0.3, -0.25) is 8.37 Å². The number of benzene rings is 2. The number of rotatable bonds is 2. The van der Waals surface area contributed by atoms with Gasteiger partial charge in [-0.15, -0.1) is 0 Å². The summed E-state index contributed by atoms with van der Waals surface area (Å²) in [6.45, 7) is 0. The van der Waals surface area contributed by atoms with Crippen LogP contribution in [0.4, 0.5) is 0 Å². The summed E-state index contributed by atoms with van der Waals surface area (Å²) in [6.07, 6.45) is -0.649. The van der Waals surface area contributed by atoms with Crippen molar-refractivity contribution in [3.63, 3.8) is 0 Å². The number of hydrogen-bond donors (Lipinski definition) is 0. The molecule has 0 saturated carbocycles. The van der Waals surface area contributed by atoms with Crippen molar-refractivity contribution in [3.8, 4) is 0 Å². The molecule has 0 amide bonds. The molecule has 0 spiro atoms. The second-order valence-electron chi connectivity index (χ2n) is 4.06. The van der Waals surface area contributed by atoms with Gasteiger partial charge in [0.1, 0.15) is 12.2 Å². The molecule has 2 atom stereocenters. The van der Waals surface area contributed by atoms with E-state index in [0.717, 1.165) is 11.1 Å². The van der Waals surface area contributed by atoms with E-state index in [0.29, 0.717) is 0 Å². The van der Waals surface area contributed by atoms with E-state index >= 15 is 0 Å².